The Balaban J connectivity index is 1.38. The van der Waals surface area contributed by atoms with Crippen LogP contribution in [-0.4, -0.2) is 0 Å². The fourth-order valence-electron chi connectivity index (χ4n) is 6.83. The Bertz CT molecular complexity index is 1660. The Morgan fingerprint density at radius 2 is 0.868 bits per heavy atom. The molecule has 2 heterocycles. The van der Waals surface area contributed by atoms with Crippen molar-refractivity contribution in [3.05, 3.63) is 131 Å². The molecule has 0 fully saturated rings. The Morgan fingerprint density at radius 1 is 0.474 bits per heavy atom. The summed E-state index contributed by atoms with van der Waals surface area (Å²) in [7, 11) is 0. The first-order valence-corrected chi connectivity index (χ1v) is 13.6. The molecule has 2 aliphatic rings. The lowest BCUT2D eigenvalue weighted by molar-refractivity contribution is -0.596. The zero-order chi connectivity index (χ0) is 26.4. The van der Waals surface area contributed by atoms with Crippen LogP contribution in [-0.2, 0) is 10.8 Å². The molecule has 5 aromatic rings. The molecule has 0 saturated carbocycles. The molecule has 0 bridgehead atoms. The molecular formula is C36H34N2+2. The first-order chi connectivity index (χ1) is 18.2. The number of rotatable bonds is 2. The first kappa shape index (κ1) is 23.1. The van der Waals surface area contributed by atoms with Gasteiger partial charge in [-0.1, -0.05) is 64.1 Å². The lowest BCUT2D eigenvalue weighted by Crippen LogP contribution is -2.33. The van der Waals surface area contributed by atoms with Gasteiger partial charge >= 0.3 is 0 Å². The molecular weight excluding hydrogens is 460 g/mol. The zero-order valence-electron chi connectivity index (χ0n) is 23.1. The SMILES string of the molecule is Cc1ccccc1-[n+]1ccc2c(c1)C(C)(C)c1cc3c(cc1-2)C(C)(C)c1c[n+](-c2ccccc2C)ccc1-3. The van der Waals surface area contributed by atoms with Gasteiger partial charge in [-0.05, 0) is 59.4 Å². The summed E-state index contributed by atoms with van der Waals surface area (Å²) < 4.78 is 4.58. The Labute approximate surface area is 225 Å². The third-order valence-corrected chi connectivity index (χ3v) is 9.14. The van der Waals surface area contributed by atoms with Gasteiger partial charge in [0.2, 0.25) is 11.4 Å². The predicted octanol–water partition coefficient (Wildman–Crippen LogP) is 7.47. The molecule has 0 atom stereocenters. The zero-order valence-corrected chi connectivity index (χ0v) is 23.1. The number of fused-ring (bicyclic) bond motifs is 6. The molecule has 0 N–H and O–H groups in total. The van der Waals surface area contributed by atoms with Crippen molar-refractivity contribution in [3.8, 4) is 33.6 Å². The maximum Gasteiger partial charge on any atom is 0.213 e. The van der Waals surface area contributed by atoms with Gasteiger partial charge in [0, 0.05) is 57.3 Å². The van der Waals surface area contributed by atoms with Crippen molar-refractivity contribution in [2.24, 2.45) is 0 Å². The molecule has 2 aromatic heterocycles. The van der Waals surface area contributed by atoms with E-state index in [9.17, 15) is 0 Å². The van der Waals surface area contributed by atoms with Crippen LogP contribution < -0.4 is 9.13 Å². The van der Waals surface area contributed by atoms with Crippen LogP contribution in [0.15, 0.2) is 97.6 Å². The molecule has 7 rings (SSSR count). The van der Waals surface area contributed by atoms with Crippen LogP contribution in [0.25, 0.3) is 33.6 Å². The maximum atomic E-state index is 2.49. The highest BCUT2D eigenvalue weighted by Gasteiger charge is 2.44. The number of pyridine rings is 2. The van der Waals surface area contributed by atoms with E-state index in [0.29, 0.717) is 0 Å². The fraction of sp³-hybridized carbons (Fsp3) is 0.222. The van der Waals surface area contributed by atoms with E-state index in [0.717, 1.165) is 0 Å². The van der Waals surface area contributed by atoms with Crippen molar-refractivity contribution in [3.63, 3.8) is 0 Å². The molecule has 0 aliphatic heterocycles. The van der Waals surface area contributed by atoms with Crippen LogP contribution in [0.5, 0.6) is 0 Å². The summed E-state index contributed by atoms with van der Waals surface area (Å²) in [5.74, 6) is 0. The molecule has 2 aliphatic carbocycles. The molecule has 0 saturated heterocycles. The largest absolute Gasteiger partial charge is 0.213 e. The highest BCUT2D eigenvalue weighted by Crippen LogP contribution is 2.55. The van der Waals surface area contributed by atoms with E-state index in [4.69, 9.17) is 0 Å². The van der Waals surface area contributed by atoms with Crippen LogP contribution in [0.2, 0.25) is 0 Å². The van der Waals surface area contributed by atoms with E-state index in [-0.39, 0.29) is 10.8 Å². The van der Waals surface area contributed by atoms with Crippen LogP contribution in [0.1, 0.15) is 61.1 Å². The number of benzene rings is 3. The third-order valence-electron chi connectivity index (χ3n) is 9.14. The Morgan fingerprint density at radius 3 is 1.26 bits per heavy atom. The summed E-state index contributed by atoms with van der Waals surface area (Å²) in [5.41, 5.74) is 16.0. The van der Waals surface area contributed by atoms with Gasteiger partial charge in [-0.3, -0.25) is 0 Å². The van der Waals surface area contributed by atoms with E-state index in [2.05, 4.69) is 148 Å². The average molecular weight is 495 g/mol. The quantitative estimate of drug-likeness (QED) is 0.225. The Hall–Kier alpha value is -4.04. The van der Waals surface area contributed by atoms with E-state index in [1.165, 1.54) is 67.0 Å². The molecule has 0 spiro atoms. The number of para-hydroxylation sites is 2. The second kappa shape index (κ2) is 7.74. The molecule has 0 unspecified atom stereocenters. The van der Waals surface area contributed by atoms with Crippen LogP contribution in [0.3, 0.4) is 0 Å². The molecule has 0 radical (unpaired) electrons. The number of aryl methyl sites for hydroxylation is 2. The lowest BCUT2D eigenvalue weighted by atomic mass is 9.79. The summed E-state index contributed by atoms with van der Waals surface area (Å²) in [6.45, 7) is 13.9. The average Bonchev–Trinajstić information content (AvgIpc) is 3.27. The molecule has 2 heteroatoms. The number of hydrogen-bond donors (Lipinski definition) is 0. The van der Waals surface area contributed by atoms with Gasteiger partial charge in [0.25, 0.3) is 0 Å². The smallest absolute Gasteiger partial charge is 0.167 e. The van der Waals surface area contributed by atoms with E-state index >= 15 is 0 Å². The van der Waals surface area contributed by atoms with E-state index in [1.54, 1.807) is 0 Å². The van der Waals surface area contributed by atoms with E-state index < -0.39 is 0 Å². The van der Waals surface area contributed by atoms with Gasteiger partial charge in [0.1, 0.15) is 0 Å². The van der Waals surface area contributed by atoms with Crippen molar-refractivity contribution in [1.29, 1.82) is 0 Å². The summed E-state index contributed by atoms with van der Waals surface area (Å²) >= 11 is 0. The second-order valence-corrected chi connectivity index (χ2v) is 12.1. The van der Waals surface area contributed by atoms with Gasteiger partial charge < -0.3 is 0 Å². The van der Waals surface area contributed by atoms with Crippen molar-refractivity contribution >= 4 is 0 Å². The summed E-state index contributed by atoms with van der Waals surface area (Å²) in [4.78, 5) is 0. The van der Waals surface area contributed by atoms with E-state index in [1.807, 2.05) is 0 Å². The summed E-state index contributed by atoms with van der Waals surface area (Å²) in [5, 5.41) is 0. The predicted molar refractivity (Wildman–Crippen MR) is 154 cm³/mol. The van der Waals surface area contributed by atoms with Crippen LogP contribution >= 0.6 is 0 Å². The molecule has 3 aromatic carbocycles. The van der Waals surface area contributed by atoms with Gasteiger partial charge in [0.05, 0.1) is 0 Å². The van der Waals surface area contributed by atoms with Gasteiger partial charge in [-0.25, -0.2) is 0 Å². The minimum absolute atomic E-state index is 0.0753. The number of hydrogen-bond acceptors (Lipinski definition) is 0. The standard InChI is InChI=1S/C36H34N2/c1-23-11-7-9-13-33(23)37-17-15-25-27-19-30-28(20-29(27)35(3,4)31(25)21-37)26-16-18-38(22-32(26)36(30,5)6)34-14-10-8-12-24(34)2/h7-22H,1-6H3/q+2. The maximum absolute atomic E-state index is 2.49. The van der Waals surface area contributed by atoms with Crippen molar-refractivity contribution in [2.45, 2.75) is 52.4 Å². The fourth-order valence-corrected chi connectivity index (χ4v) is 6.83. The minimum Gasteiger partial charge on any atom is -0.167 e. The van der Waals surface area contributed by atoms with Gasteiger partial charge in [0.15, 0.2) is 24.8 Å². The van der Waals surface area contributed by atoms with Crippen molar-refractivity contribution in [2.75, 3.05) is 0 Å². The number of aromatic nitrogens is 2. The monoisotopic (exact) mass is 494 g/mol. The summed E-state index contributed by atoms with van der Waals surface area (Å²) in [6, 6.07) is 26.9. The molecule has 2 nitrogen and oxygen atoms in total. The van der Waals surface area contributed by atoms with Crippen LogP contribution in [0.4, 0.5) is 0 Å². The van der Waals surface area contributed by atoms with Crippen molar-refractivity contribution in [1.82, 2.24) is 0 Å². The van der Waals surface area contributed by atoms with Crippen molar-refractivity contribution < 1.29 is 9.13 Å². The minimum atomic E-state index is -0.0753. The molecule has 186 valence electrons. The Kier molecular flexibility index (Phi) is 4.70. The van der Waals surface area contributed by atoms with Gasteiger partial charge in [-0.2, -0.15) is 9.13 Å². The topological polar surface area (TPSA) is 7.76 Å². The van der Waals surface area contributed by atoms with Crippen LogP contribution in [0, 0.1) is 13.8 Å². The first-order valence-electron chi connectivity index (χ1n) is 13.6. The normalized spacial score (nSPS) is 15.5. The third kappa shape index (κ3) is 3.07. The molecule has 0 amide bonds. The van der Waals surface area contributed by atoms with Gasteiger partial charge in [-0.15, -0.1) is 0 Å². The highest BCUT2D eigenvalue weighted by atomic mass is 14.9. The molecule has 38 heavy (non-hydrogen) atoms. The lowest BCUT2D eigenvalue weighted by Gasteiger charge is -2.23. The highest BCUT2D eigenvalue weighted by molar-refractivity contribution is 5.88. The second-order valence-electron chi connectivity index (χ2n) is 12.1. The summed E-state index contributed by atoms with van der Waals surface area (Å²) in [6.07, 6.45) is 9.16. The number of nitrogens with zero attached hydrogens (tertiary/aromatic N) is 2.